The number of hydrogen-bond acceptors (Lipinski definition) is 6. The van der Waals surface area contributed by atoms with Gasteiger partial charge in [-0.3, -0.25) is 14.5 Å². The van der Waals surface area contributed by atoms with E-state index in [0.29, 0.717) is 22.6 Å². The van der Waals surface area contributed by atoms with Crippen molar-refractivity contribution in [3.05, 3.63) is 100 Å². The highest BCUT2D eigenvalue weighted by Gasteiger charge is 2.47. The van der Waals surface area contributed by atoms with Crippen molar-refractivity contribution in [1.29, 1.82) is 0 Å². The van der Waals surface area contributed by atoms with E-state index in [0.717, 1.165) is 11.1 Å². The number of hydrogen-bond donors (Lipinski definition) is 1. The number of aliphatic hydroxyl groups is 1. The van der Waals surface area contributed by atoms with Gasteiger partial charge in [0.15, 0.2) is 0 Å². The SMILES string of the molecule is COc1ccc(/C(O)=C2/C(=O)C(=O)N(c3cccc(C(=O)OC(C)C)c3)C2c2cccc(C)c2)cc1C(C)(C)C. The zero-order valence-electron chi connectivity index (χ0n) is 23.9. The van der Waals surface area contributed by atoms with Crippen molar-refractivity contribution < 1.29 is 29.0 Å². The minimum absolute atomic E-state index is 0.0317. The molecule has 1 heterocycles. The zero-order chi connectivity index (χ0) is 29.4. The fourth-order valence-electron chi connectivity index (χ4n) is 4.92. The molecule has 1 unspecified atom stereocenters. The lowest BCUT2D eigenvalue weighted by Crippen LogP contribution is -2.29. The summed E-state index contributed by atoms with van der Waals surface area (Å²) < 4.78 is 10.9. The number of Topliss-reactive ketones (excluding diaryl/α,β-unsaturated/α-hetero) is 1. The first-order valence-corrected chi connectivity index (χ1v) is 13.2. The molecule has 0 aromatic heterocycles. The molecule has 0 saturated carbocycles. The maximum absolute atomic E-state index is 13.6. The molecule has 0 bridgehead atoms. The Hall–Kier alpha value is -4.39. The van der Waals surface area contributed by atoms with Gasteiger partial charge in [-0.15, -0.1) is 0 Å². The fraction of sp³-hybridized carbons (Fsp3) is 0.303. The molecule has 7 nitrogen and oxygen atoms in total. The molecule has 1 aliphatic rings. The van der Waals surface area contributed by atoms with E-state index in [-0.39, 0.29) is 28.4 Å². The lowest BCUT2D eigenvalue weighted by atomic mass is 9.84. The van der Waals surface area contributed by atoms with E-state index in [1.54, 1.807) is 57.4 Å². The Kier molecular flexibility index (Phi) is 7.87. The van der Waals surface area contributed by atoms with Crippen LogP contribution >= 0.6 is 0 Å². The van der Waals surface area contributed by atoms with E-state index in [1.165, 1.54) is 11.0 Å². The molecular formula is C33H35NO6. The van der Waals surface area contributed by atoms with Crippen LogP contribution in [-0.2, 0) is 19.7 Å². The standard InChI is InChI=1S/C33H35NO6/c1-19(2)40-32(38)23-12-9-13-24(17-23)34-28(21-11-8-10-20(3)16-21)27(30(36)31(34)37)29(35)22-14-15-26(39-7)25(18-22)33(4,5)6/h8-19,28,35H,1-7H3/b29-27-. The number of aryl methyl sites for hydroxylation is 1. The Morgan fingerprint density at radius 2 is 1.65 bits per heavy atom. The van der Waals surface area contributed by atoms with Crippen LogP contribution in [0, 0.1) is 6.92 Å². The molecule has 0 radical (unpaired) electrons. The van der Waals surface area contributed by atoms with Gasteiger partial charge in [0, 0.05) is 16.8 Å². The van der Waals surface area contributed by atoms with Gasteiger partial charge >= 0.3 is 5.97 Å². The van der Waals surface area contributed by atoms with Crippen LogP contribution in [0.2, 0.25) is 0 Å². The van der Waals surface area contributed by atoms with Crippen LogP contribution in [0.4, 0.5) is 5.69 Å². The Morgan fingerprint density at radius 3 is 2.27 bits per heavy atom. The Balaban J connectivity index is 1.93. The molecule has 3 aromatic carbocycles. The summed E-state index contributed by atoms with van der Waals surface area (Å²) in [4.78, 5) is 41.2. The van der Waals surface area contributed by atoms with Gasteiger partial charge in [0.1, 0.15) is 11.5 Å². The minimum atomic E-state index is -0.920. The molecule has 40 heavy (non-hydrogen) atoms. The van der Waals surface area contributed by atoms with E-state index < -0.39 is 23.7 Å². The van der Waals surface area contributed by atoms with Gasteiger partial charge in [0.25, 0.3) is 11.7 Å². The van der Waals surface area contributed by atoms with Crippen molar-refractivity contribution in [2.24, 2.45) is 0 Å². The van der Waals surface area contributed by atoms with E-state index in [1.807, 2.05) is 52.0 Å². The highest BCUT2D eigenvalue weighted by atomic mass is 16.5. The maximum atomic E-state index is 13.6. The van der Waals surface area contributed by atoms with Crippen molar-refractivity contribution >= 4 is 29.1 Å². The predicted molar refractivity (Wildman–Crippen MR) is 155 cm³/mol. The molecule has 1 amide bonds. The van der Waals surface area contributed by atoms with Crippen LogP contribution in [0.3, 0.4) is 0 Å². The third-order valence-electron chi connectivity index (χ3n) is 6.79. The summed E-state index contributed by atoms with van der Waals surface area (Å²) in [6.07, 6.45) is -0.319. The van der Waals surface area contributed by atoms with Crippen LogP contribution in [0.1, 0.15) is 73.3 Å². The van der Waals surface area contributed by atoms with Gasteiger partial charge in [0.2, 0.25) is 0 Å². The topological polar surface area (TPSA) is 93.1 Å². The normalized spacial score (nSPS) is 16.9. The number of esters is 1. The first-order chi connectivity index (χ1) is 18.8. The average molecular weight is 542 g/mol. The number of rotatable bonds is 6. The van der Waals surface area contributed by atoms with Crippen LogP contribution in [0.15, 0.2) is 72.3 Å². The number of methoxy groups -OCH3 is 1. The van der Waals surface area contributed by atoms with Crippen molar-refractivity contribution in [3.8, 4) is 5.75 Å². The average Bonchev–Trinajstić information content (AvgIpc) is 3.17. The van der Waals surface area contributed by atoms with E-state index >= 15 is 0 Å². The summed E-state index contributed by atoms with van der Waals surface area (Å²) in [6, 6.07) is 18.2. The quantitative estimate of drug-likeness (QED) is 0.166. The fourth-order valence-corrected chi connectivity index (χ4v) is 4.92. The first kappa shape index (κ1) is 28.6. The summed E-state index contributed by atoms with van der Waals surface area (Å²) in [6.45, 7) is 11.5. The number of anilines is 1. The molecule has 1 saturated heterocycles. The van der Waals surface area contributed by atoms with Gasteiger partial charge in [0.05, 0.1) is 30.4 Å². The summed E-state index contributed by atoms with van der Waals surface area (Å²) in [5.74, 6) is -1.77. The second-order valence-electron chi connectivity index (χ2n) is 11.3. The molecular weight excluding hydrogens is 506 g/mol. The van der Waals surface area contributed by atoms with E-state index in [9.17, 15) is 19.5 Å². The molecule has 1 N–H and O–H groups in total. The molecule has 7 heteroatoms. The molecule has 1 fully saturated rings. The number of ketones is 1. The summed E-state index contributed by atoms with van der Waals surface area (Å²) >= 11 is 0. The van der Waals surface area contributed by atoms with Gasteiger partial charge in [-0.05, 0) is 68.1 Å². The number of ether oxygens (including phenoxy) is 2. The van der Waals surface area contributed by atoms with Crippen LogP contribution in [0.5, 0.6) is 5.75 Å². The number of benzene rings is 3. The smallest absolute Gasteiger partial charge is 0.338 e. The second kappa shape index (κ2) is 11.0. The number of carbonyl (C=O) groups excluding carboxylic acids is 3. The van der Waals surface area contributed by atoms with Gasteiger partial charge in [-0.25, -0.2) is 4.79 Å². The number of carbonyl (C=O) groups is 3. The monoisotopic (exact) mass is 541 g/mol. The summed E-state index contributed by atoms with van der Waals surface area (Å²) in [5, 5.41) is 11.6. The lowest BCUT2D eigenvalue weighted by Gasteiger charge is -2.26. The first-order valence-electron chi connectivity index (χ1n) is 13.2. The van der Waals surface area contributed by atoms with Crippen LogP contribution in [-0.4, -0.2) is 36.0 Å². The Morgan fingerprint density at radius 1 is 0.950 bits per heavy atom. The predicted octanol–water partition coefficient (Wildman–Crippen LogP) is 6.49. The van der Waals surface area contributed by atoms with Gasteiger partial charge < -0.3 is 14.6 Å². The van der Waals surface area contributed by atoms with Crippen molar-refractivity contribution in [3.63, 3.8) is 0 Å². The molecule has 1 aliphatic heterocycles. The van der Waals surface area contributed by atoms with Crippen molar-refractivity contribution in [2.75, 3.05) is 12.0 Å². The maximum Gasteiger partial charge on any atom is 0.338 e. The largest absolute Gasteiger partial charge is 0.507 e. The van der Waals surface area contributed by atoms with Crippen molar-refractivity contribution in [2.45, 2.75) is 59.1 Å². The number of aliphatic hydroxyl groups excluding tert-OH is 1. The zero-order valence-corrected chi connectivity index (χ0v) is 23.9. The number of nitrogens with zero attached hydrogens (tertiary/aromatic N) is 1. The van der Waals surface area contributed by atoms with E-state index in [4.69, 9.17) is 9.47 Å². The third-order valence-corrected chi connectivity index (χ3v) is 6.79. The minimum Gasteiger partial charge on any atom is -0.507 e. The summed E-state index contributed by atoms with van der Waals surface area (Å²) in [5.41, 5.74) is 3.08. The Bertz CT molecular complexity index is 1510. The van der Waals surface area contributed by atoms with Crippen LogP contribution < -0.4 is 9.64 Å². The molecule has 3 aromatic rings. The summed E-state index contributed by atoms with van der Waals surface area (Å²) in [7, 11) is 1.58. The highest BCUT2D eigenvalue weighted by Crippen LogP contribution is 2.43. The van der Waals surface area contributed by atoms with Gasteiger partial charge in [-0.2, -0.15) is 0 Å². The molecule has 0 aliphatic carbocycles. The lowest BCUT2D eigenvalue weighted by molar-refractivity contribution is -0.132. The second-order valence-corrected chi connectivity index (χ2v) is 11.3. The highest BCUT2D eigenvalue weighted by molar-refractivity contribution is 6.51. The van der Waals surface area contributed by atoms with Gasteiger partial charge in [-0.1, -0.05) is 56.7 Å². The number of amides is 1. The van der Waals surface area contributed by atoms with Crippen LogP contribution in [0.25, 0.3) is 5.76 Å². The third kappa shape index (κ3) is 5.50. The van der Waals surface area contributed by atoms with Crippen molar-refractivity contribution in [1.82, 2.24) is 0 Å². The molecule has 1 atom stereocenters. The molecule has 4 rings (SSSR count). The van der Waals surface area contributed by atoms with E-state index in [2.05, 4.69) is 0 Å². The molecule has 0 spiro atoms. The Labute approximate surface area is 235 Å². The molecule has 208 valence electrons.